The third-order valence-electron chi connectivity index (χ3n) is 4.64. The molecule has 0 aliphatic carbocycles. The van der Waals surface area contributed by atoms with Gasteiger partial charge < -0.3 is 5.11 Å². The van der Waals surface area contributed by atoms with Crippen molar-refractivity contribution >= 4 is 28.1 Å². The minimum atomic E-state index is 0.237. The maximum Gasteiger partial charge on any atom is 0.116 e. The first-order valence-corrected chi connectivity index (χ1v) is 10.0. The summed E-state index contributed by atoms with van der Waals surface area (Å²) in [5, 5.41) is 9.84. The summed E-state index contributed by atoms with van der Waals surface area (Å²) in [5.41, 5.74) is 6.84. The number of aromatic hydroxyl groups is 1. The van der Waals surface area contributed by atoms with E-state index in [1.807, 2.05) is 49.6 Å². The van der Waals surface area contributed by atoms with Gasteiger partial charge in [-0.3, -0.25) is 4.98 Å². The van der Waals surface area contributed by atoms with E-state index < -0.39 is 0 Å². The molecular weight excluding hydrogens is 424 g/mol. The van der Waals surface area contributed by atoms with Gasteiger partial charge in [-0.15, -0.1) is 0 Å². The quantitative estimate of drug-likeness (QED) is 0.355. The van der Waals surface area contributed by atoms with E-state index in [-0.39, 0.29) is 5.75 Å². The Morgan fingerprint density at radius 1 is 0.793 bits per heavy atom. The van der Waals surface area contributed by atoms with Gasteiger partial charge >= 0.3 is 0 Å². The Morgan fingerprint density at radius 2 is 1.59 bits per heavy atom. The van der Waals surface area contributed by atoms with E-state index >= 15 is 0 Å². The van der Waals surface area contributed by atoms with Crippen LogP contribution in [-0.2, 0) is 0 Å². The van der Waals surface area contributed by atoms with Gasteiger partial charge in [-0.05, 0) is 63.8 Å². The molecule has 0 spiro atoms. The molecule has 2 aromatic heterocycles. The first kappa shape index (κ1) is 19.1. The number of nitrogens with zero attached hydrogens (tertiary/aromatic N) is 2. The topological polar surface area (TPSA) is 46.0 Å². The summed E-state index contributed by atoms with van der Waals surface area (Å²) in [4.78, 5) is 9.18. The number of halogens is 1. The van der Waals surface area contributed by atoms with Crippen LogP contribution < -0.4 is 0 Å². The van der Waals surface area contributed by atoms with Gasteiger partial charge in [0, 0.05) is 29.1 Å². The van der Waals surface area contributed by atoms with Crippen LogP contribution in [0.5, 0.6) is 5.75 Å². The highest BCUT2D eigenvalue weighted by molar-refractivity contribution is 9.10. The van der Waals surface area contributed by atoms with Gasteiger partial charge in [0.15, 0.2) is 0 Å². The van der Waals surface area contributed by atoms with E-state index in [2.05, 4.69) is 57.3 Å². The number of hydrogen-bond acceptors (Lipinski definition) is 3. The molecule has 1 N–H and O–H groups in total. The molecule has 4 heteroatoms. The first-order valence-electron chi connectivity index (χ1n) is 9.25. The monoisotopic (exact) mass is 442 g/mol. The van der Waals surface area contributed by atoms with Gasteiger partial charge in [-0.25, -0.2) is 4.98 Å². The normalized spacial score (nSPS) is 11.1. The highest BCUT2D eigenvalue weighted by atomic mass is 79.9. The van der Waals surface area contributed by atoms with E-state index in [0.29, 0.717) is 0 Å². The molecule has 0 saturated heterocycles. The molecule has 4 rings (SSSR count). The lowest BCUT2D eigenvalue weighted by Gasteiger charge is -2.10. The third-order valence-corrected chi connectivity index (χ3v) is 5.47. The SMILES string of the molecule is Cc1cc(-c2ncc(-c3cccc(O)c3)cc2/C=C/c2ccccc2)cnc1Br. The van der Waals surface area contributed by atoms with E-state index in [4.69, 9.17) is 4.98 Å². The predicted molar refractivity (Wildman–Crippen MR) is 122 cm³/mol. The van der Waals surface area contributed by atoms with Gasteiger partial charge in [-0.1, -0.05) is 54.6 Å². The lowest BCUT2D eigenvalue weighted by molar-refractivity contribution is 0.475. The summed E-state index contributed by atoms with van der Waals surface area (Å²) in [6.45, 7) is 2.02. The molecule has 29 heavy (non-hydrogen) atoms. The summed E-state index contributed by atoms with van der Waals surface area (Å²) < 4.78 is 0.832. The van der Waals surface area contributed by atoms with E-state index in [1.54, 1.807) is 12.1 Å². The number of benzene rings is 2. The second kappa shape index (κ2) is 8.41. The Balaban J connectivity index is 1.83. The highest BCUT2D eigenvalue weighted by Crippen LogP contribution is 2.30. The Labute approximate surface area is 178 Å². The van der Waals surface area contributed by atoms with Crippen molar-refractivity contribution in [2.24, 2.45) is 0 Å². The predicted octanol–water partition coefficient (Wildman–Crippen LogP) is 6.76. The molecule has 0 aliphatic rings. The highest BCUT2D eigenvalue weighted by Gasteiger charge is 2.10. The Bertz CT molecular complexity index is 1190. The van der Waals surface area contributed by atoms with Crippen molar-refractivity contribution in [2.75, 3.05) is 0 Å². The summed E-state index contributed by atoms with van der Waals surface area (Å²) in [7, 11) is 0. The van der Waals surface area contributed by atoms with Crippen molar-refractivity contribution in [3.63, 3.8) is 0 Å². The standard InChI is InChI=1S/C25H19BrN2O/c1-17-12-22(16-28-25(17)26)24-20(11-10-18-6-3-2-4-7-18)13-21(15-27-24)19-8-5-9-23(29)14-19/h2-16,29H,1H3/b11-10+. The van der Waals surface area contributed by atoms with Gasteiger partial charge in [0.2, 0.25) is 0 Å². The molecule has 0 atom stereocenters. The van der Waals surface area contributed by atoms with Crippen LogP contribution in [0.2, 0.25) is 0 Å². The molecule has 0 aliphatic heterocycles. The minimum absolute atomic E-state index is 0.237. The van der Waals surface area contributed by atoms with Crippen molar-refractivity contribution < 1.29 is 5.11 Å². The maximum absolute atomic E-state index is 9.84. The van der Waals surface area contributed by atoms with Crippen LogP contribution in [0.15, 0.2) is 83.7 Å². The average Bonchev–Trinajstić information content (AvgIpc) is 2.75. The molecule has 0 unspecified atom stereocenters. The van der Waals surface area contributed by atoms with Crippen LogP contribution in [-0.4, -0.2) is 15.1 Å². The van der Waals surface area contributed by atoms with Crippen LogP contribution in [0.4, 0.5) is 0 Å². The lowest BCUT2D eigenvalue weighted by Crippen LogP contribution is -1.93. The summed E-state index contributed by atoms with van der Waals surface area (Å²) in [6, 6.07) is 21.5. The van der Waals surface area contributed by atoms with Gasteiger partial charge in [-0.2, -0.15) is 0 Å². The zero-order valence-corrected chi connectivity index (χ0v) is 17.5. The van der Waals surface area contributed by atoms with Crippen molar-refractivity contribution in [2.45, 2.75) is 6.92 Å². The number of aromatic nitrogens is 2. The second-order valence-electron chi connectivity index (χ2n) is 6.79. The van der Waals surface area contributed by atoms with Crippen LogP contribution in [0.3, 0.4) is 0 Å². The number of rotatable bonds is 4. The zero-order valence-electron chi connectivity index (χ0n) is 15.9. The Morgan fingerprint density at radius 3 is 2.34 bits per heavy atom. The third kappa shape index (κ3) is 4.44. The number of phenols is 1. The molecular formula is C25H19BrN2O. The van der Waals surface area contributed by atoms with E-state index in [0.717, 1.165) is 43.7 Å². The smallest absolute Gasteiger partial charge is 0.116 e. The number of aryl methyl sites for hydroxylation is 1. The largest absolute Gasteiger partial charge is 0.508 e. The van der Waals surface area contributed by atoms with Crippen LogP contribution >= 0.6 is 15.9 Å². The fourth-order valence-electron chi connectivity index (χ4n) is 3.13. The fraction of sp³-hybridized carbons (Fsp3) is 0.0400. The maximum atomic E-state index is 9.84. The molecule has 2 aromatic carbocycles. The van der Waals surface area contributed by atoms with Crippen LogP contribution in [0.1, 0.15) is 16.7 Å². The number of pyridine rings is 2. The molecule has 0 amide bonds. The van der Waals surface area contributed by atoms with Gasteiger partial charge in [0.1, 0.15) is 10.4 Å². The van der Waals surface area contributed by atoms with Crippen LogP contribution in [0, 0.1) is 6.92 Å². The van der Waals surface area contributed by atoms with Crippen molar-refractivity contribution in [1.82, 2.24) is 9.97 Å². The average molecular weight is 443 g/mol. The number of phenolic OH excluding ortho intramolecular Hbond substituents is 1. The van der Waals surface area contributed by atoms with Crippen molar-refractivity contribution in [3.8, 4) is 28.1 Å². The molecule has 4 aromatic rings. The molecule has 0 bridgehead atoms. The molecule has 3 nitrogen and oxygen atoms in total. The number of hydrogen-bond donors (Lipinski definition) is 1. The zero-order chi connectivity index (χ0) is 20.2. The molecule has 0 radical (unpaired) electrons. The van der Waals surface area contributed by atoms with Crippen molar-refractivity contribution in [1.29, 1.82) is 0 Å². The lowest BCUT2D eigenvalue weighted by atomic mass is 10.00. The fourth-order valence-corrected chi connectivity index (χ4v) is 3.35. The van der Waals surface area contributed by atoms with Gasteiger partial charge in [0.05, 0.1) is 5.69 Å². The van der Waals surface area contributed by atoms with E-state index in [1.165, 1.54) is 0 Å². The summed E-state index contributed by atoms with van der Waals surface area (Å²) >= 11 is 3.46. The molecule has 0 fully saturated rings. The first-order chi connectivity index (χ1) is 14.1. The van der Waals surface area contributed by atoms with Gasteiger partial charge in [0.25, 0.3) is 0 Å². The molecule has 142 valence electrons. The minimum Gasteiger partial charge on any atom is -0.508 e. The Hall–Kier alpha value is -3.24. The second-order valence-corrected chi connectivity index (χ2v) is 7.54. The summed E-state index contributed by atoms with van der Waals surface area (Å²) in [6.07, 6.45) is 7.81. The molecule has 2 heterocycles. The summed E-state index contributed by atoms with van der Waals surface area (Å²) in [5.74, 6) is 0.237. The molecule has 0 saturated carbocycles. The Kier molecular flexibility index (Phi) is 5.54. The van der Waals surface area contributed by atoms with Crippen molar-refractivity contribution in [3.05, 3.63) is 100 Å². The van der Waals surface area contributed by atoms with Crippen LogP contribution in [0.25, 0.3) is 34.5 Å². The van der Waals surface area contributed by atoms with E-state index in [9.17, 15) is 5.11 Å².